The smallest absolute Gasteiger partial charge is 0.296 e. The van der Waals surface area contributed by atoms with Crippen LogP contribution in [0.25, 0.3) is 0 Å². The zero-order chi connectivity index (χ0) is 19.3. The third kappa shape index (κ3) is 5.54. The van der Waals surface area contributed by atoms with Crippen LogP contribution in [0, 0.1) is 40.4 Å². The molecule has 2 aliphatic rings. The van der Waals surface area contributed by atoms with Crippen LogP contribution in [0.15, 0.2) is 29.2 Å². The molecule has 0 aliphatic heterocycles. The van der Waals surface area contributed by atoms with Crippen molar-refractivity contribution in [2.24, 2.45) is 10.8 Å². The molecule has 0 saturated heterocycles. The van der Waals surface area contributed by atoms with Gasteiger partial charge >= 0.3 is 0 Å². The Kier molecular flexibility index (Phi) is 6.41. The number of benzene rings is 1. The lowest BCUT2D eigenvalue weighted by Gasteiger charge is -2.11. The van der Waals surface area contributed by atoms with Crippen LogP contribution in [-0.2, 0) is 14.3 Å². The Hall–Kier alpha value is -1.93. The van der Waals surface area contributed by atoms with E-state index in [2.05, 4.69) is 12.1 Å². The van der Waals surface area contributed by atoms with Crippen LogP contribution in [0.2, 0.25) is 0 Å². The largest absolute Gasteiger partial charge is 0.396 e. The summed E-state index contributed by atoms with van der Waals surface area (Å²) in [4.78, 5) is 0.167. The van der Waals surface area contributed by atoms with E-state index < -0.39 is 10.1 Å². The van der Waals surface area contributed by atoms with E-state index in [1.807, 2.05) is 6.92 Å². The lowest BCUT2D eigenvalue weighted by atomic mass is 10.1. The number of rotatable bonds is 7. The molecular formula is C19H24N2O4S. The second-order valence-corrected chi connectivity index (χ2v) is 8.97. The quantitative estimate of drug-likeness (QED) is 0.732. The molecule has 1 N–H and O–H groups in total. The number of aliphatic hydroxyl groups is 1. The molecule has 0 amide bonds. The topological polar surface area (TPSA) is 111 Å². The predicted octanol–water partition coefficient (Wildman–Crippen LogP) is 3.07. The lowest BCUT2D eigenvalue weighted by molar-refractivity contribution is 0.214. The van der Waals surface area contributed by atoms with Gasteiger partial charge in [-0.3, -0.25) is 4.18 Å². The molecule has 0 bridgehead atoms. The molecule has 3 rings (SSSR count). The van der Waals surface area contributed by atoms with Crippen LogP contribution in [0.3, 0.4) is 0 Å². The molecule has 2 fully saturated rings. The summed E-state index contributed by atoms with van der Waals surface area (Å²) in [5, 5.41) is 25.5. The molecule has 140 valence electrons. The number of aryl methyl sites for hydroxylation is 1. The molecule has 0 unspecified atom stereocenters. The monoisotopic (exact) mass is 376 g/mol. The Bertz CT molecular complexity index is 795. The van der Waals surface area contributed by atoms with E-state index >= 15 is 0 Å². The Morgan fingerprint density at radius 3 is 1.92 bits per heavy atom. The van der Waals surface area contributed by atoms with Gasteiger partial charge in [0.25, 0.3) is 10.1 Å². The number of nitriles is 2. The summed E-state index contributed by atoms with van der Waals surface area (Å²) in [6, 6.07) is 10.7. The van der Waals surface area contributed by atoms with Crippen molar-refractivity contribution in [3.63, 3.8) is 0 Å². The lowest BCUT2D eigenvalue weighted by Crippen LogP contribution is -2.15. The second-order valence-electron chi connectivity index (χ2n) is 7.36. The van der Waals surface area contributed by atoms with E-state index in [1.54, 1.807) is 12.1 Å². The SMILES string of the molecule is Cc1ccc(S(=O)(=O)OCC2(CC#N)CC2)cc1.N#CCC1(CO)CC1. The molecule has 2 saturated carbocycles. The molecule has 1 aromatic rings. The molecule has 0 heterocycles. The maximum Gasteiger partial charge on any atom is 0.296 e. The van der Waals surface area contributed by atoms with Crippen molar-refractivity contribution in [2.75, 3.05) is 13.2 Å². The van der Waals surface area contributed by atoms with Crippen molar-refractivity contribution in [2.45, 2.75) is 50.3 Å². The van der Waals surface area contributed by atoms with Crippen molar-refractivity contribution in [3.8, 4) is 12.1 Å². The van der Waals surface area contributed by atoms with Gasteiger partial charge in [0, 0.05) is 30.3 Å². The van der Waals surface area contributed by atoms with Gasteiger partial charge in [0.1, 0.15) is 0 Å². The van der Waals surface area contributed by atoms with Crippen LogP contribution in [0.4, 0.5) is 0 Å². The molecule has 0 radical (unpaired) electrons. The summed E-state index contributed by atoms with van der Waals surface area (Å²) in [7, 11) is -3.70. The fraction of sp³-hybridized carbons (Fsp3) is 0.579. The summed E-state index contributed by atoms with van der Waals surface area (Å²) in [5.74, 6) is 0. The minimum absolute atomic E-state index is 0.0365. The number of hydrogen-bond donors (Lipinski definition) is 1. The Morgan fingerprint density at radius 2 is 1.54 bits per heavy atom. The fourth-order valence-corrected chi connectivity index (χ4v) is 3.44. The number of aliphatic hydroxyl groups excluding tert-OH is 1. The summed E-state index contributed by atoms with van der Waals surface area (Å²) in [6.45, 7) is 2.20. The highest BCUT2D eigenvalue weighted by Crippen LogP contribution is 2.49. The second kappa shape index (κ2) is 8.18. The molecule has 26 heavy (non-hydrogen) atoms. The third-order valence-electron chi connectivity index (χ3n) is 4.99. The Labute approximate surface area is 155 Å². The van der Waals surface area contributed by atoms with Gasteiger partial charge in [-0.25, -0.2) is 0 Å². The van der Waals surface area contributed by atoms with Gasteiger partial charge in [0.15, 0.2) is 0 Å². The van der Waals surface area contributed by atoms with Crippen LogP contribution in [0.5, 0.6) is 0 Å². The number of hydrogen-bond acceptors (Lipinski definition) is 6. The molecule has 7 heteroatoms. The molecule has 0 atom stereocenters. The van der Waals surface area contributed by atoms with Crippen LogP contribution in [-0.4, -0.2) is 26.7 Å². The normalized spacial score (nSPS) is 18.6. The fourth-order valence-electron chi connectivity index (χ4n) is 2.43. The van der Waals surface area contributed by atoms with Gasteiger partial charge in [0.05, 0.1) is 23.6 Å². The Balaban J connectivity index is 0.000000254. The first kappa shape index (κ1) is 20.4. The van der Waals surface area contributed by atoms with Crippen molar-refractivity contribution in [3.05, 3.63) is 29.8 Å². The molecule has 0 spiro atoms. The maximum absolute atomic E-state index is 11.9. The van der Waals surface area contributed by atoms with E-state index in [-0.39, 0.29) is 28.9 Å². The number of nitrogens with zero attached hydrogens (tertiary/aromatic N) is 2. The average molecular weight is 376 g/mol. The zero-order valence-corrected chi connectivity index (χ0v) is 15.8. The first-order chi connectivity index (χ1) is 12.3. The van der Waals surface area contributed by atoms with Gasteiger partial charge in [-0.15, -0.1) is 0 Å². The van der Waals surface area contributed by atoms with Gasteiger partial charge in [-0.05, 0) is 44.7 Å². The highest BCUT2D eigenvalue weighted by molar-refractivity contribution is 7.86. The highest BCUT2D eigenvalue weighted by atomic mass is 32.2. The summed E-state index contributed by atoms with van der Waals surface area (Å²) >= 11 is 0. The highest BCUT2D eigenvalue weighted by Gasteiger charge is 2.44. The summed E-state index contributed by atoms with van der Waals surface area (Å²) in [6.07, 6.45) is 4.70. The van der Waals surface area contributed by atoms with Crippen molar-refractivity contribution in [1.82, 2.24) is 0 Å². The van der Waals surface area contributed by atoms with Crippen LogP contribution < -0.4 is 0 Å². The summed E-state index contributed by atoms with van der Waals surface area (Å²) in [5.41, 5.74) is 0.804. The molecular weight excluding hydrogens is 352 g/mol. The molecule has 6 nitrogen and oxygen atoms in total. The third-order valence-corrected chi connectivity index (χ3v) is 6.27. The van der Waals surface area contributed by atoms with Crippen LogP contribution in [0.1, 0.15) is 44.1 Å². The first-order valence-electron chi connectivity index (χ1n) is 8.61. The Morgan fingerprint density at radius 1 is 1.04 bits per heavy atom. The van der Waals surface area contributed by atoms with E-state index in [0.29, 0.717) is 12.8 Å². The van der Waals surface area contributed by atoms with E-state index in [9.17, 15) is 8.42 Å². The predicted molar refractivity (Wildman–Crippen MR) is 95.2 cm³/mol. The molecule has 1 aromatic carbocycles. The van der Waals surface area contributed by atoms with Gasteiger partial charge in [-0.1, -0.05) is 17.7 Å². The van der Waals surface area contributed by atoms with Crippen molar-refractivity contribution >= 4 is 10.1 Å². The zero-order valence-electron chi connectivity index (χ0n) is 14.9. The average Bonchev–Trinajstić information content (AvgIpc) is 3.53. The summed E-state index contributed by atoms with van der Waals surface area (Å²) < 4.78 is 28.9. The van der Waals surface area contributed by atoms with Gasteiger partial charge in [-0.2, -0.15) is 18.9 Å². The van der Waals surface area contributed by atoms with Crippen molar-refractivity contribution in [1.29, 1.82) is 10.5 Å². The van der Waals surface area contributed by atoms with Gasteiger partial charge < -0.3 is 5.11 Å². The van der Waals surface area contributed by atoms with E-state index in [4.69, 9.17) is 19.8 Å². The van der Waals surface area contributed by atoms with Crippen LogP contribution >= 0.6 is 0 Å². The minimum Gasteiger partial charge on any atom is -0.396 e. The van der Waals surface area contributed by atoms with Gasteiger partial charge in [0.2, 0.25) is 0 Å². The van der Waals surface area contributed by atoms with E-state index in [0.717, 1.165) is 31.2 Å². The first-order valence-corrected chi connectivity index (χ1v) is 10.0. The van der Waals surface area contributed by atoms with Crippen molar-refractivity contribution < 1.29 is 17.7 Å². The van der Waals surface area contributed by atoms with E-state index in [1.165, 1.54) is 12.1 Å². The standard InChI is InChI=1S/C13H15NO3S.C6H9NO/c1-11-2-4-12(5-3-11)18(15,16)17-10-13(6-7-13)8-9-14;7-4-3-6(5-8)1-2-6/h2-5H,6-8,10H2,1H3;8H,1-3,5H2. The molecule has 0 aromatic heterocycles. The minimum atomic E-state index is -3.70. The maximum atomic E-state index is 11.9. The molecule has 2 aliphatic carbocycles.